The highest BCUT2D eigenvalue weighted by atomic mass is 79.9. The molecule has 0 amide bonds. The number of rotatable bonds is 4. The summed E-state index contributed by atoms with van der Waals surface area (Å²) in [5, 5.41) is 10.6. The number of aromatic nitrogens is 1. The molecule has 0 aromatic carbocycles. The molecule has 0 radical (unpaired) electrons. The summed E-state index contributed by atoms with van der Waals surface area (Å²) < 4.78 is 0.644. The van der Waals surface area contributed by atoms with E-state index < -0.39 is 4.92 Å². The van der Waals surface area contributed by atoms with Gasteiger partial charge >= 0.3 is 0 Å². The number of pyridine rings is 1. The Labute approximate surface area is 102 Å². The summed E-state index contributed by atoms with van der Waals surface area (Å²) in [4.78, 5) is 14.2. The van der Waals surface area contributed by atoms with E-state index in [9.17, 15) is 10.1 Å². The summed E-state index contributed by atoms with van der Waals surface area (Å²) in [6, 6.07) is 1.43. The first-order chi connectivity index (χ1) is 7.47. The van der Waals surface area contributed by atoms with Gasteiger partial charge in [0.05, 0.1) is 10.6 Å². The fourth-order valence-corrected chi connectivity index (χ4v) is 2.26. The van der Waals surface area contributed by atoms with Crippen LogP contribution in [0, 0.1) is 10.1 Å². The Morgan fingerprint density at radius 1 is 1.69 bits per heavy atom. The summed E-state index contributed by atoms with van der Waals surface area (Å²) in [5.74, 6) is 0.107. The van der Waals surface area contributed by atoms with Crippen LogP contribution in [0.5, 0.6) is 0 Å². The predicted octanol–water partition coefficient (Wildman–Crippen LogP) is 2.59. The molecule has 2 N–H and O–H groups in total. The van der Waals surface area contributed by atoms with E-state index in [1.165, 1.54) is 12.3 Å². The maximum absolute atomic E-state index is 10.6. The van der Waals surface area contributed by atoms with Gasteiger partial charge in [-0.2, -0.15) is 0 Å². The molecule has 0 fully saturated rings. The third kappa shape index (κ3) is 2.76. The smallest absolute Gasteiger partial charge is 0.288 e. The highest BCUT2D eigenvalue weighted by Gasteiger charge is 2.20. The summed E-state index contributed by atoms with van der Waals surface area (Å²) >= 11 is 3.30. The van der Waals surface area contributed by atoms with Crippen LogP contribution in [0.1, 0.15) is 31.9 Å². The maximum Gasteiger partial charge on any atom is 0.288 e. The van der Waals surface area contributed by atoms with Gasteiger partial charge < -0.3 is 5.73 Å². The molecule has 0 aliphatic heterocycles. The number of halogens is 1. The van der Waals surface area contributed by atoms with Crippen molar-refractivity contribution in [3.05, 3.63) is 32.5 Å². The molecule has 0 saturated carbocycles. The van der Waals surface area contributed by atoms with E-state index in [1.54, 1.807) is 0 Å². The zero-order chi connectivity index (χ0) is 12.3. The molecular weight excluding hydrogens is 274 g/mol. The van der Waals surface area contributed by atoms with Crippen molar-refractivity contribution in [1.29, 1.82) is 0 Å². The molecule has 5 nitrogen and oxygen atoms in total. The lowest BCUT2D eigenvalue weighted by Crippen LogP contribution is -2.25. The van der Waals surface area contributed by atoms with E-state index in [4.69, 9.17) is 5.73 Å². The monoisotopic (exact) mass is 287 g/mol. The second-order valence-electron chi connectivity index (χ2n) is 3.69. The first-order valence-electron chi connectivity index (χ1n) is 5.02. The van der Waals surface area contributed by atoms with Crippen LogP contribution >= 0.6 is 15.9 Å². The summed E-state index contributed by atoms with van der Waals surface area (Å²) in [7, 11) is 0. The number of hydrogen-bond acceptors (Lipinski definition) is 4. The van der Waals surface area contributed by atoms with E-state index in [0.717, 1.165) is 12.1 Å². The number of hydrogen-bond donors (Lipinski definition) is 1. The lowest BCUT2D eigenvalue weighted by molar-refractivity contribution is -0.385. The Bertz CT molecular complexity index is 396. The Hall–Kier alpha value is -1.01. The normalized spacial score (nSPS) is 14.5. The van der Waals surface area contributed by atoms with Gasteiger partial charge in [0.15, 0.2) is 0 Å². The van der Waals surface area contributed by atoms with Gasteiger partial charge in [0.2, 0.25) is 0 Å². The van der Waals surface area contributed by atoms with Crippen LogP contribution < -0.4 is 5.73 Å². The minimum atomic E-state index is -0.464. The standard InChI is InChI=1S/C10H14BrN3O2/c1-3-8(6(2)12)10-9(11)4-7(5-13-10)14(15)16/h4-6,8H,3,12H2,1-2H3. The van der Waals surface area contributed by atoms with Gasteiger partial charge in [0, 0.05) is 22.5 Å². The Morgan fingerprint density at radius 3 is 2.69 bits per heavy atom. The Balaban J connectivity index is 3.11. The molecule has 2 atom stereocenters. The fraction of sp³-hybridized carbons (Fsp3) is 0.500. The van der Waals surface area contributed by atoms with Gasteiger partial charge in [-0.15, -0.1) is 0 Å². The first kappa shape index (κ1) is 13.1. The minimum absolute atomic E-state index is 0.0184. The molecule has 88 valence electrons. The Morgan fingerprint density at radius 2 is 2.31 bits per heavy atom. The fourth-order valence-electron chi connectivity index (χ4n) is 1.63. The van der Waals surface area contributed by atoms with Crippen molar-refractivity contribution in [3.8, 4) is 0 Å². The van der Waals surface area contributed by atoms with Crippen LogP contribution in [0.15, 0.2) is 16.7 Å². The highest BCUT2D eigenvalue weighted by Crippen LogP contribution is 2.29. The van der Waals surface area contributed by atoms with E-state index in [1.807, 2.05) is 13.8 Å². The van der Waals surface area contributed by atoms with Crippen molar-refractivity contribution >= 4 is 21.6 Å². The second kappa shape index (κ2) is 5.36. The molecule has 1 rings (SSSR count). The van der Waals surface area contributed by atoms with Crippen LogP contribution in [0.4, 0.5) is 5.69 Å². The van der Waals surface area contributed by atoms with Gasteiger partial charge in [-0.05, 0) is 29.3 Å². The summed E-state index contributed by atoms with van der Waals surface area (Å²) in [5.41, 5.74) is 6.61. The van der Waals surface area contributed by atoms with Gasteiger partial charge in [-0.1, -0.05) is 6.92 Å². The molecule has 0 aliphatic rings. The molecule has 0 spiro atoms. The largest absolute Gasteiger partial charge is 0.327 e. The van der Waals surface area contributed by atoms with Crippen LogP contribution in [-0.4, -0.2) is 15.9 Å². The lowest BCUT2D eigenvalue weighted by atomic mass is 9.95. The van der Waals surface area contributed by atoms with Crippen LogP contribution in [0.25, 0.3) is 0 Å². The second-order valence-corrected chi connectivity index (χ2v) is 4.55. The quantitative estimate of drug-likeness (QED) is 0.682. The van der Waals surface area contributed by atoms with E-state index in [-0.39, 0.29) is 17.6 Å². The van der Waals surface area contributed by atoms with Crippen molar-refractivity contribution in [2.45, 2.75) is 32.2 Å². The minimum Gasteiger partial charge on any atom is -0.327 e. The molecule has 1 heterocycles. The van der Waals surface area contributed by atoms with Crippen LogP contribution in [0.3, 0.4) is 0 Å². The van der Waals surface area contributed by atoms with E-state index >= 15 is 0 Å². The third-order valence-corrected chi connectivity index (χ3v) is 3.13. The third-order valence-electron chi connectivity index (χ3n) is 2.49. The zero-order valence-corrected chi connectivity index (χ0v) is 10.8. The topological polar surface area (TPSA) is 82.0 Å². The molecule has 0 bridgehead atoms. The molecule has 1 aromatic heterocycles. The van der Waals surface area contributed by atoms with Crippen LogP contribution in [0.2, 0.25) is 0 Å². The number of nitrogens with zero attached hydrogens (tertiary/aromatic N) is 2. The van der Waals surface area contributed by atoms with Crippen molar-refractivity contribution in [1.82, 2.24) is 4.98 Å². The van der Waals surface area contributed by atoms with Gasteiger partial charge in [0.25, 0.3) is 5.69 Å². The lowest BCUT2D eigenvalue weighted by Gasteiger charge is -2.19. The van der Waals surface area contributed by atoms with Gasteiger partial charge in [-0.25, -0.2) is 0 Å². The van der Waals surface area contributed by atoms with Crippen molar-refractivity contribution in [3.63, 3.8) is 0 Å². The van der Waals surface area contributed by atoms with E-state index in [2.05, 4.69) is 20.9 Å². The number of nitrogens with two attached hydrogens (primary N) is 1. The molecule has 0 saturated heterocycles. The molecule has 1 aromatic rings. The molecule has 0 aliphatic carbocycles. The van der Waals surface area contributed by atoms with Crippen molar-refractivity contribution in [2.24, 2.45) is 5.73 Å². The molecule has 2 unspecified atom stereocenters. The summed E-state index contributed by atoms with van der Waals surface area (Å²) in [6.45, 7) is 3.92. The number of nitro groups is 1. The van der Waals surface area contributed by atoms with Gasteiger partial charge in [-0.3, -0.25) is 15.1 Å². The zero-order valence-electron chi connectivity index (χ0n) is 9.18. The van der Waals surface area contributed by atoms with Gasteiger partial charge in [0.1, 0.15) is 6.20 Å². The highest BCUT2D eigenvalue weighted by molar-refractivity contribution is 9.10. The maximum atomic E-state index is 10.6. The first-order valence-corrected chi connectivity index (χ1v) is 5.82. The molecular formula is C10H14BrN3O2. The van der Waals surface area contributed by atoms with Crippen molar-refractivity contribution in [2.75, 3.05) is 0 Å². The Kier molecular flexibility index (Phi) is 4.37. The predicted molar refractivity (Wildman–Crippen MR) is 65.3 cm³/mol. The van der Waals surface area contributed by atoms with Crippen molar-refractivity contribution < 1.29 is 4.92 Å². The average Bonchev–Trinajstić information content (AvgIpc) is 2.20. The SMILES string of the molecule is CCC(c1ncc([N+](=O)[O-])cc1Br)C(C)N. The molecule has 16 heavy (non-hydrogen) atoms. The van der Waals surface area contributed by atoms with E-state index in [0.29, 0.717) is 4.47 Å². The average molecular weight is 288 g/mol. The molecule has 6 heteroatoms. The summed E-state index contributed by atoms with van der Waals surface area (Å²) in [6.07, 6.45) is 2.12. The van der Waals surface area contributed by atoms with Crippen LogP contribution in [-0.2, 0) is 0 Å².